The van der Waals surface area contributed by atoms with Crippen molar-refractivity contribution >= 4 is 29.0 Å². The van der Waals surface area contributed by atoms with Gasteiger partial charge in [-0.05, 0) is 24.6 Å². The molecule has 2 aromatic carbocycles. The lowest BCUT2D eigenvalue weighted by Crippen LogP contribution is -2.15. The van der Waals surface area contributed by atoms with E-state index in [0.29, 0.717) is 34.2 Å². The smallest absolute Gasteiger partial charge is 0.255 e. The lowest BCUT2D eigenvalue weighted by molar-refractivity contribution is 0.101. The van der Waals surface area contributed by atoms with Crippen LogP contribution in [0.1, 0.15) is 33.2 Å². The number of alkyl halides is 1. The summed E-state index contributed by atoms with van der Waals surface area (Å²) in [7, 11) is 2.95. The first kappa shape index (κ1) is 17.8. The number of ether oxygens (including phenoxy) is 2. The summed E-state index contributed by atoms with van der Waals surface area (Å²) < 4.78 is 10.4. The first-order valence-corrected chi connectivity index (χ1v) is 7.76. The number of halogens is 1. The number of carbonyl (C=O) groups excluding carboxylic acids is 2. The van der Waals surface area contributed by atoms with E-state index in [1.54, 1.807) is 30.3 Å². The minimum absolute atomic E-state index is 0.223. The molecule has 1 N–H and O–H groups in total. The highest BCUT2D eigenvalue weighted by Gasteiger charge is 2.18. The number of methoxy groups -OCH3 is 2. The zero-order valence-electron chi connectivity index (χ0n) is 13.7. The van der Waals surface area contributed by atoms with Crippen molar-refractivity contribution in [3.63, 3.8) is 0 Å². The van der Waals surface area contributed by atoms with Gasteiger partial charge in [-0.2, -0.15) is 0 Å². The number of benzene rings is 2. The Morgan fingerprint density at radius 3 is 2.46 bits per heavy atom. The average Bonchev–Trinajstić information content (AvgIpc) is 2.60. The molecular formula is C18H18ClNO4. The van der Waals surface area contributed by atoms with Gasteiger partial charge in [0.1, 0.15) is 11.5 Å². The minimum atomic E-state index is -0.347. The molecule has 1 amide bonds. The molecular weight excluding hydrogens is 330 g/mol. The van der Waals surface area contributed by atoms with Crippen LogP contribution in [0.2, 0.25) is 0 Å². The van der Waals surface area contributed by atoms with Crippen molar-refractivity contribution in [2.45, 2.75) is 12.8 Å². The summed E-state index contributed by atoms with van der Waals surface area (Å²) in [5, 5.41) is 2.75. The Morgan fingerprint density at radius 1 is 1.12 bits per heavy atom. The fourth-order valence-electron chi connectivity index (χ4n) is 2.32. The summed E-state index contributed by atoms with van der Waals surface area (Å²) in [6.07, 6.45) is 0. The van der Waals surface area contributed by atoms with E-state index in [1.165, 1.54) is 21.1 Å². The zero-order valence-corrected chi connectivity index (χ0v) is 14.4. The molecule has 0 radical (unpaired) electrons. The molecule has 2 aromatic rings. The number of nitrogens with one attached hydrogen (secondary N) is 1. The van der Waals surface area contributed by atoms with E-state index >= 15 is 0 Å². The van der Waals surface area contributed by atoms with Gasteiger partial charge in [-0.3, -0.25) is 9.59 Å². The Labute approximate surface area is 145 Å². The molecule has 5 nitrogen and oxygen atoms in total. The maximum absolute atomic E-state index is 12.5. The minimum Gasteiger partial charge on any atom is -0.497 e. The van der Waals surface area contributed by atoms with Crippen molar-refractivity contribution < 1.29 is 19.1 Å². The standard InChI is InChI=1S/C18H18ClNO4/c1-11(21)17-15(8-14(23-2)9-16(17)24-3)20-18(22)13-6-4-5-12(7-13)10-19/h4-9H,10H2,1-3H3,(H,20,22). The van der Waals surface area contributed by atoms with Crippen LogP contribution in [0.15, 0.2) is 36.4 Å². The molecule has 0 saturated carbocycles. The van der Waals surface area contributed by atoms with E-state index in [-0.39, 0.29) is 11.7 Å². The molecule has 0 aliphatic carbocycles. The summed E-state index contributed by atoms with van der Waals surface area (Å²) in [4.78, 5) is 24.5. The first-order chi connectivity index (χ1) is 11.5. The SMILES string of the molecule is COc1cc(NC(=O)c2cccc(CCl)c2)c(C(C)=O)c(OC)c1. The van der Waals surface area contributed by atoms with E-state index in [4.69, 9.17) is 21.1 Å². The molecule has 24 heavy (non-hydrogen) atoms. The van der Waals surface area contributed by atoms with Crippen LogP contribution in [-0.2, 0) is 5.88 Å². The maximum atomic E-state index is 12.5. The highest BCUT2D eigenvalue weighted by molar-refractivity contribution is 6.17. The molecule has 2 rings (SSSR count). The summed E-state index contributed by atoms with van der Waals surface area (Å²) in [5.74, 6) is 0.555. The molecule has 0 aromatic heterocycles. The Balaban J connectivity index is 2.43. The predicted molar refractivity (Wildman–Crippen MR) is 93.5 cm³/mol. The number of rotatable bonds is 6. The van der Waals surface area contributed by atoms with E-state index in [1.807, 2.05) is 6.07 Å². The Hall–Kier alpha value is -2.53. The number of carbonyl (C=O) groups is 2. The fraction of sp³-hybridized carbons (Fsp3) is 0.222. The third-order valence-corrected chi connectivity index (χ3v) is 3.78. The van der Waals surface area contributed by atoms with E-state index in [0.717, 1.165) is 5.56 Å². The number of hydrogen-bond acceptors (Lipinski definition) is 4. The number of amides is 1. The third kappa shape index (κ3) is 3.86. The van der Waals surface area contributed by atoms with Gasteiger partial charge in [0.25, 0.3) is 5.91 Å². The third-order valence-electron chi connectivity index (χ3n) is 3.48. The fourth-order valence-corrected chi connectivity index (χ4v) is 2.49. The summed E-state index contributed by atoms with van der Waals surface area (Å²) >= 11 is 5.80. The summed E-state index contributed by atoms with van der Waals surface area (Å²) in [6.45, 7) is 1.41. The maximum Gasteiger partial charge on any atom is 0.255 e. The molecule has 6 heteroatoms. The van der Waals surface area contributed by atoms with Crippen LogP contribution in [0.3, 0.4) is 0 Å². The molecule has 0 fully saturated rings. The number of Topliss-reactive ketones (excluding diaryl/α,β-unsaturated/α-hetero) is 1. The summed E-state index contributed by atoms with van der Waals surface area (Å²) in [5.41, 5.74) is 1.91. The lowest BCUT2D eigenvalue weighted by Gasteiger charge is -2.15. The Morgan fingerprint density at radius 2 is 1.88 bits per heavy atom. The van der Waals surface area contributed by atoms with Gasteiger partial charge in [-0.15, -0.1) is 11.6 Å². The van der Waals surface area contributed by atoms with Gasteiger partial charge in [0.2, 0.25) is 0 Å². The van der Waals surface area contributed by atoms with Crippen LogP contribution in [-0.4, -0.2) is 25.9 Å². The monoisotopic (exact) mass is 347 g/mol. The molecule has 0 atom stereocenters. The van der Waals surface area contributed by atoms with Crippen LogP contribution in [0.25, 0.3) is 0 Å². The second-order valence-electron chi connectivity index (χ2n) is 5.10. The second kappa shape index (κ2) is 7.84. The molecule has 0 aliphatic heterocycles. The van der Waals surface area contributed by atoms with Gasteiger partial charge in [0, 0.05) is 23.6 Å². The largest absolute Gasteiger partial charge is 0.497 e. The van der Waals surface area contributed by atoms with Gasteiger partial charge in [0.05, 0.1) is 25.5 Å². The number of hydrogen-bond donors (Lipinski definition) is 1. The molecule has 0 heterocycles. The highest BCUT2D eigenvalue weighted by Crippen LogP contribution is 2.33. The van der Waals surface area contributed by atoms with Crippen molar-refractivity contribution in [3.05, 3.63) is 53.1 Å². The normalized spacial score (nSPS) is 10.2. The number of anilines is 1. The van der Waals surface area contributed by atoms with Crippen molar-refractivity contribution in [1.29, 1.82) is 0 Å². The van der Waals surface area contributed by atoms with Crippen molar-refractivity contribution in [2.24, 2.45) is 0 Å². The van der Waals surface area contributed by atoms with Gasteiger partial charge < -0.3 is 14.8 Å². The first-order valence-electron chi connectivity index (χ1n) is 7.23. The molecule has 0 unspecified atom stereocenters. The molecule has 126 valence electrons. The van der Waals surface area contributed by atoms with Gasteiger partial charge in [-0.1, -0.05) is 12.1 Å². The molecule has 0 saturated heterocycles. The number of ketones is 1. The zero-order chi connectivity index (χ0) is 17.7. The highest BCUT2D eigenvalue weighted by atomic mass is 35.5. The Kier molecular flexibility index (Phi) is 5.82. The van der Waals surface area contributed by atoms with Crippen LogP contribution in [0, 0.1) is 0 Å². The quantitative estimate of drug-likeness (QED) is 0.636. The average molecular weight is 348 g/mol. The Bertz CT molecular complexity index is 774. The lowest BCUT2D eigenvalue weighted by atomic mass is 10.1. The van der Waals surface area contributed by atoms with E-state index in [9.17, 15) is 9.59 Å². The second-order valence-corrected chi connectivity index (χ2v) is 5.36. The van der Waals surface area contributed by atoms with Crippen LogP contribution < -0.4 is 14.8 Å². The molecule has 0 spiro atoms. The topological polar surface area (TPSA) is 64.6 Å². The van der Waals surface area contributed by atoms with Crippen LogP contribution in [0.5, 0.6) is 11.5 Å². The molecule has 0 aliphatic rings. The van der Waals surface area contributed by atoms with E-state index in [2.05, 4.69) is 5.32 Å². The van der Waals surface area contributed by atoms with E-state index < -0.39 is 0 Å². The van der Waals surface area contributed by atoms with Crippen LogP contribution >= 0.6 is 11.6 Å². The van der Waals surface area contributed by atoms with Crippen molar-refractivity contribution in [1.82, 2.24) is 0 Å². The van der Waals surface area contributed by atoms with Gasteiger partial charge in [-0.25, -0.2) is 0 Å². The van der Waals surface area contributed by atoms with Crippen LogP contribution in [0.4, 0.5) is 5.69 Å². The van der Waals surface area contributed by atoms with Gasteiger partial charge >= 0.3 is 0 Å². The van der Waals surface area contributed by atoms with Crippen molar-refractivity contribution in [3.8, 4) is 11.5 Å². The van der Waals surface area contributed by atoms with Crippen molar-refractivity contribution in [2.75, 3.05) is 19.5 Å². The molecule has 0 bridgehead atoms. The van der Waals surface area contributed by atoms with Gasteiger partial charge in [0.15, 0.2) is 5.78 Å². The predicted octanol–water partition coefficient (Wildman–Crippen LogP) is 3.90. The summed E-state index contributed by atoms with van der Waals surface area (Å²) in [6, 6.07) is 10.1.